The summed E-state index contributed by atoms with van der Waals surface area (Å²) in [6, 6.07) is 1.92. The molecule has 0 aliphatic heterocycles. The standard InChI is InChI=1S/C15H23N5/c16-20-14-7-13(18-15(19-14)11-5-6-11)17-8-12(9-1-2-9)10-3-4-10/h7,9-12H,1-6,8,16H2,(H2,17,18,19,20). The largest absolute Gasteiger partial charge is 0.370 e. The minimum Gasteiger partial charge on any atom is -0.370 e. The van der Waals surface area contributed by atoms with Gasteiger partial charge in [0.25, 0.3) is 0 Å². The second-order valence-electron chi connectivity index (χ2n) is 6.63. The van der Waals surface area contributed by atoms with Crippen molar-refractivity contribution in [1.82, 2.24) is 9.97 Å². The van der Waals surface area contributed by atoms with Crippen LogP contribution in [0.5, 0.6) is 0 Å². The molecule has 4 rings (SSSR count). The lowest BCUT2D eigenvalue weighted by Gasteiger charge is -2.17. The van der Waals surface area contributed by atoms with Gasteiger partial charge in [0.15, 0.2) is 0 Å². The molecule has 0 unspecified atom stereocenters. The average Bonchev–Trinajstić information content (AvgIpc) is 3.27. The maximum Gasteiger partial charge on any atom is 0.145 e. The predicted molar refractivity (Wildman–Crippen MR) is 79.2 cm³/mol. The number of nitrogens with two attached hydrogens (primary N) is 1. The number of anilines is 2. The van der Waals surface area contributed by atoms with Crippen molar-refractivity contribution in [3.8, 4) is 0 Å². The molecular weight excluding hydrogens is 250 g/mol. The van der Waals surface area contributed by atoms with E-state index in [1.54, 1.807) is 0 Å². The van der Waals surface area contributed by atoms with E-state index in [4.69, 9.17) is 5.84 Å². The molecular formula is C15H23N5. The van der Waals surface area contributed by atoms with Gasteiger partial charge in [-0.25, -0.2) is 15.8 Å². The zero-order chi connectivity index (χ0) is 13.5. The highest BCUT2D eigenvalue weighted by atomic mass is 15.3. The van der Waals surface area contributed by atoms with Crippen molar-refractivity contribution in [2.75, 3.05) is 17.3 Å². The van der Waals surface area contributed by atoms with E-state index < -0.39 is 0 Å². The predicted octanol–water partition coefficient (Wildman–Crippen LogP) is 2.49. The van der Waals surface area contributed by atoms with Gasteiger partial charge < -0.3 is 10.7 Å². The Kier molecular flexibility index (Phi) is 3.02. The zero-order valence-electron chi connectivity index (χ0n) is 11.8. The van der Waals surface area contributed by atoms with Crippen LogP contribution in [0.1, 0.15) is 50.3 Å². The smallest absolute Gasteiger partial charge is 0.145 e. The number of nitrogens with one attached hydrogen (secondary N) is 2. The molecule has 5 heteroatoms. The fourth-order valence-corrected chi connectivity index (χ4v) is 3.14. The second kappa shape index (κ2) is 4.88. The van der Waals surface area contributed by atoms with Crippen molar-refractivity contribution < 1.29 is 0 Å². The Labute approximate surface area is 119 Å². The van der Waals surface area contributed by atoms with Crippen molar-refractivity contribution >= 4 is 11.6 Å². The van der Waals surface area contributed by atoms with Gasteiger partial charge in [-0.2, -0.15) is 0 Å². The van der Waals surface area contributed by atoms with E-state index in [-0.39, 0.29) is 0 Å². The van der Waals surface area contributed by atoms with Crippen LogP contribution in [0.2, 0.25) is 0 Å². The molecule has 1 heterocycles. The number of aromatic nitrogens is 2. The summed E-state index contributed by atoms with van der Waals surface area (Å²) in [6.45, 7) is 1.06. The normalized spacial score (nSPS) is 22.1. The average molecular weight is 273 g/mol. The molecule has 0 atom stereocenters. The summed E-state index contributed by atoms with van der Waals surface area (Å²) in [4.78, 5) is 9.11. The summed E-state index contributed by atoms with van der Waals surface area (Å²) in [6.07, 6.45) is 8.12. The van der Waals surface area contributed by atoms with Crippen LogP contribution in [0, 0.1) is 17.8 Å². The Hall–Kier alpha value is -1.36. The summed E-state index contributed by atoms with van der Waals surface area (Å²) in [5, 5.41) is 3.54. The lowest BCUT2D eigenvalue weighted by molar-refractivity contribution is 0.427. The highest BCUT2D eigenvalue weighted by molar-refractivity contribution is 5.47. The fourth-order valence-electron chi connectivity index (χ4n) is 3.14. The maximum absolute atomic E-state index is 5.51. The molecule has 20 heavy (non-hydrogen) atoms. The Morgan fingerprint density at radius 3 is 2.25 bits per heavy atom. The first-order valence-electron chi connectivity index (χ1n) is 7.93. The first-order chi connectivity index (χ1) is 9.83. The molecule has 1 aromatic rings. The molecule has 108 valence electrons. The lowest BCUT2D eigenvalue weighted by atomic mass is 9.98. The van der Waals surface area contributed by atoms with Crippen LogP contribution in [0.15, 0.2) is 6.07 Å². The Balaban J connectivity index is 1.45. The second-order valence-corrected chi connectivity index (χ2v) is 6.63. The van der Waals surface area contributed by atoms with E-state index in [1.165, 1.54) is 38.5 Å². The van der Waals surface area contributed by atoms with Gasteiger partial charge in [0.1, 0.15) is 17.5 Å². The van der Waals surface area contributed by atoms with E-state index in [0.29, 0.717) is 5.92 Å². The SMILES string of the molecule is NNc1cc(NCC(C2CC2)C2CC2)nc(C2CC2)n1. The van der Waals surface area contributed by atoms with Crippen LogP contribution in [-0.2, 0) is 0 Å². The third kappa shape index (κ3) is 2.73. The number of nitrogens with zero attached hydrogens (tertiary/aromatic N) is 2. The van der Waals surface area contributed by atoms with Crippen molar-refractivity contribution in [2.45, 2.75) is 44.4 Å². The molecule has 0 bridgehead atoms. The van der Waals surface area contributed by atoms with Crippen molar-refractivity contribution in [2.24, 2.45) is 23.6 Å². The first kappa shape index (κ1) is 12.4. The minimum absolute atomic E-state index is 0.548. The van der Waals surface area contributed by atoms with Gasteiger partial charge in [0, 0.05) is 18.5 Å². The molecule has 0 aromatic carbocycles. The van der Waals surface area contributed by atoms with Crippen LogP contribution < -0.4 is 16.6 Å². The van der Waals surface area contributed by atoms with Crippen LogP contribution in [-0.4, -0.2) is 16.5 Å². The van der Waals surface area contributed by atoms with Crippen LogP contribution >= 0.6 is 0 Å². The van der Waals surface area contributed by atoms with E-state index in [2.05, 4.69) is 20.7 Å². The fraction of sp³-hybridized carbons (Fsp3) is 0.733. The van der Waals surface area contributed by atoms with E-state index in [9.17, 15) is 0 Å². The summed E-state index contributed by atoms with van der Waals surface area (Å²) < 4.78 is 0. The van der Waals surface area contributed by atoms with E-state index >= 15 is 0 Å². The zero-order valence-corrected chi connectivity index (χ0v) is 11.8. The van der Waals surface area contributed by atoms with Gasteiger partial charge in [-0.1, -0.05) is 0 Å². The van der Waals surface area contributed by atoms with Gasteiger partial charge in [0.05, 0.1) is 0 Å². The molecule has 3 saturated carbocycles. The lowest BCUT2D eigenvalue weighted by Crippen LogP contribution is -2.19. The van der Waals surface area contributed by atoms with Gasteiger partial charge in [-0.3, -0.25) is 0 Å². The van der Waals surface area contributed by atoms with Crippen LogP contribution in [0.3, 0.4) is 0 Å². The van der Waals surface area contributed by atoms with Gasteiger partial charge in [0.2, 0.25) is 0 Å². The summed E-state index contributed by atoms with van der Waals surface area (Å²) in [5.41, 5.74) is 2.66. The number of nitrogen functional groups attached to an aromatic ring is 1. The molecule has 4 N–H and O–H groups in total. The Morgan fingerprint density at radius 2 is 1.70 bits per heavy atom. The molecule has 0 amide bonds. The summed E-state index contributed by atoms with van der Waals surface area (Å²) in [5.74, 6) is 11.4. The Morgan fingerprint density at radius 1 is 1.05 bits per heavy atom. The van der Waals surface area contributed by atoms with E-state index in [1.807, 2.05) is 6.07 Å². The number of hydrogen-bond acceptors (Lipinski definition) is 5. The molecule has 3 aliphatic rings. The van der Waals surface area contributed by atoms with Crippen LogP contribution in [0.25, 0.3) is 0 Å². The number of hydrogen-bond donors (Lipinski definition) is 3. The van der Waals surface area contributed by atoms with Crippen LogP contribution in [0.4, 0.5) is 11.6 Å². The monoisotopic (exact) mass is 273 g/mol. The molecule has 0 radical (unpaired) electrons. The first-order valence-corrected chi connectivity index (χ1v) is 7.93. The summed E-state index contributed by atoms with van der Waals surface area (Å²) >= 11 is 0. The highest BCUT2D eigenvalue weighted by Crippen LogP contribution is 2.49. The minimum atomic E-state index is 0.548. The third-order valence-corrected chi connectivity index (χ3v) is 4.81. The van der Waals surface area contributed by atoms with E-state index in [0.717, 1.165) is 41.8 Å². The van der Waals surface area contributed by atoms with Crippen molar-refractivity contribution in [3.63, 3.8) is 0 Å². The molecule has 3 fully saturated rings. The van der Waals surface area contributed by atoms with Gasteiger partial charge in [-0.15, -0.1) is 0 Å². The van der Waals surface area contributed by atoms with Crippen molar-refractivity contribution in [3.05, 3.63) is 11.9 Å². The number of hydrazine groups is 1. The summed E-state index contributed by atoms with van der Waals surface area (Å²) in [7, 11) is 0. The number of rotatable bonds is 7. The molecule has 0 saturated heterocycles. The highest BCUT2D eigenvalue weighted by Gasteiger charge is 2.41. The molecule has 0 spiro atoms. The topological polar surface area (TPSA) is 75.9 Å². The maximum atomic E-state index is 5.51. The van der Waals surface area contributed by atoms with Gasteiger partial charge in [-0.05, 0) is 56.3 Å². The Bertz CT molecular complexity index is 479. The van der Waals surface area contributed by atoms with Gasteiger partial charge >= 0.3 is 0 Å². The third-order valence-electron chi connectivity index (χ3n) is 4.81. The molecule has 3 aliphatic carbocycles. The molecule has 1 aromatic heterocycles. The molecule has 5 nitrogen and oxygen atoms in total. The quantitative estimate of drug-likeness (QED) is 0.525. The van der Waals surface area contributed by atoms with Crippen molar-refractivity contribution in [1.29, 1.82) is 0 Å².